The number of nitrogens with zero attached hydrogens (tertiary/aromatic N) is 1. The third kappa shape index (κ3) is 5.68. The molecule has 3 atom stereocenters. The van der Waals surface area contributed by atoms with E-state index in [9.17, 15) is 18.0 Å². The SMILES string of the molecule is CC1N=C(NC(=O)CC[C@H](N)C(=O)O)SC1c1ccc(Cl)c(S(C)(=O)=O)c1. The molecule has 2 rings (SSSR count). The molecule has 27 heavy (non-hydrogen) atoms. The van der Waals surface area contributed by atoms with Crippen molar-refractivity contribution in [3.63, 3.8) is 0 Å². The lowest BCUT2D eigenvalue weighted by Gasteiger charge is -2.15. The van der Waals surface area contributed by atoms with Gasteiger partial charge in [0.05, 0.1) is 21.2 Å². The van der Waals surface area contributed by atoms with Gasteiger partial charge in [0.25, 0.3) is 0 Å². The molecule has 0 aromatic heterocycles. The summed E-state index contributed by atoms with van der Waals surface area (Å²) in [5, 5.41) is 11.8. The first kappa shape index (κ1) is 21.7. The van der Waals surface area contributed by atoms with Crippen molar-refractivity contribution in [2.75, 3.05) is 6.26 Å². The number of benzene rings is 1. The Bertz CT molecular complexity index is 888. The van der Waals surface area contributed by atoms with Gasteiger partial charge in [-0.15, -0.1) is 0 Å². The second-order valence-electron chi connectivity index (χ2n) is 6.21. The van der Waals surface area contributed by atoms with Crippen LogP contribution in [0.25, 0.3) is 0 Å². The van der Waals surface area contributed by atoms with Crippen molar-refractivity contribution in [1.82, 2.24) is 5.32 Å². The van der Waals surface area contributed by atoms with Crippen molar-refractivity contribution in [3.8, 4) is 0 Å². The van der Waals surface area contributed by atoms with E-state index in [0.717, 1.165) is 11.8 Å². The van der Waals surface area contributed by atoms with Crippen LogP contribution in [0.1, 0.15) is 30.6 Å². The minimum absolute atomic E-state index is 0.0208. The molecule has 0 bridgehead atoms. The molecule has 1 aromatic carbocycles. The van der Waals surface area contributed by atoms with Gasteiger partial charge in [0.15, 0.2) is 15.0 Å². The highest BCUT2D eigenvalue weighted by molar-refractivity contribution is 8.14. The highest BCUT2D eigenvalue weighted by Crippen LogP contribution is 2.40. The first-order valence-electron chi connectivity index (χ1n) is 8.01. The molecule has 148 valence electrons. The summed E-state index contributed by atoms with van der Waals surface area (Å²) < 4.78 is 23.7. The van der Waals surface area contributed by atoms with Crippen molar-refractivity contribution >= 4 is 50.2 Å². The Balaban J connectivity index is 2.04. The third-order valence-electron chi connectivity index (χ3n) is 3.93. The summed E-state index contributed by atoms with van der Waals surface area (Å²) in [6.45, 7) is 1.85. The zero-order valence-electron chi connectivity index (χ0n) is 14.7. The van der Waals surface area contributed by atoms with E-state index in [2.05, 4.69) is 10.3 Å². The van der Waals surface area contributed by atoms with Crippen LogP contribution in [-0.4, -0.2) is 48.9 Å². The summed E-state index contributed by atoms with van der Waals surface area (Å²) >= 11 is 7.28. The Kier molecular flexibility index (Phi) is 6.90. The molecule has 0 aliphatic carbocycles. The van der Waals surface area contributed by atoms with Crippen LogP contribution in [0.3, 0.4) is 0 Å². The number of halogens is 1. The summed E-state index contributed by atoms with van der Waals surface area (Å²) in [5.41, 5.74) is 6.11. The number of carbonyl (C=O) groups is 2. The van der Waals surface area contributed by atoms with Crippen LogP contribution in [0.5, 0.6) is 0 Å². The number of carbonyl (C=O) groups excluding carboxylic acids is 1. The molecule has 8 nitrogen and oxygen atoms in total. The van der Waals surface area contributed by atoms with Crippen LogP contribution < -0.4 is 11.1 Å². The standard InChI is InChI=1S/C16H20ClN3O5S2/c1-8-14(9-3-4-10(17)12(7-9)27(2,24)25)26-16(19-8)20-13(21)6-5-11(18)15(22)23/h3-4,7-8,11,14H,5-6,18H2,1-2H3,(H,22,23)(H,19,20,21)/t8?,11-,14?/m0/s1. The predicted molar refractivity (Wildman–Crippen MR) is 105 cm³/mol. The van der Waals surface area contributed by atoms with Crippen molar-refractivity contribution in [1.29, 1.82) is 0 Å². The number of aliphatic imine (C=N–C) groups is 1. The number of amides is 1. The summed E-state index contributed by atoms with van der Waals surface area (Å²) in [5.74, 6) is -1.53. The van der Waals surface area contributed by atoms with Gasteiger partial charge in [0.2, 0.25) is 5.91 Å². The summed E-state index contributed by atoms with van der Waals surface area (Å²) in [7, 11) is -3.47. The highest BCUT2D eigenvalue weighted by Gasteiger charge is 2.30. The van der Waals surface area contributed by atoms with E-state index < -0.39 is 21.8 Å². The maximum absolute atomic E-state index is 12.0. The van der Waals surface area contributed by atoms with Gasteiger partial charge in [-0.1, -0.05) is 29.4 Å². The first-order valence-corrected chi connectivity index (χ1v) is 11.2. The van der Waals surface area contributed by atoms with E-state index in [-0.39, 0.29) is 40.0 Å². The third-order valence-corrected chi connectivity index (χ3v) is 6.86. The van der Waals surface area contributed by atoms with Crippen molar-refractivity contribution < 1.29 is 23.1 Å². The summed E-state index contributed by atoms with van der Waals surface area (Å²) in [6, 6.07) is 3.50. The zero-order chi connectivity index (χ0) is 20.4. The van der Waals surface area contributed by atoms with Gasteiger partial charge in [0, 0.05) is 12.7 Å². The van der Waals surface area contributed by atoms with Crippen LogP contribution in [0.4, 0.5) is 0 Å². The van der Waals surface area contributed by atoms with Crippen molar-refractivity contribution in [2.24, 2.45) is 10.7 Å². The first-order chi connectivity index (χ1) is 12.5. The Morgan fingerprint density at radius 2 is 2.11 bits per heavy atom. The Hall–Kier alpha value is -1.62. The molecule has 0 saturated heterocycles. The number of nitrogens with one attached hydrogen (secondary N) is 1. The molecular formula is C16H20ClN3O5S2. The van der Waals surface area contributed by atoms with Crippen LogP contribution in [-0.2, 0) is 19.4 Å². The molecule has 0 spiro atoms. The molecule has 0 fully saturated rings. The van der Waals surface area contributed by atoms with Gasteiger partial charge < -0.3 is 16.2 Å². The number of nitrogens with two attached hydrogens (primary N) is 1. The van der Waals surface area contributed by atoms with E-state index in [1.54, 1.807) is 6.07 Å². The molecule has 2 unspecified atom stereocenters. The molecule has 11 heteroatoms. The molecule has 0 radical (unpaired) electrons. The van der Waals surface area contributed by atoms with Crippen LogP contribution >= 0.6 is 23.4 Å². The van der Waals surface area contributed by atoms with Crippen molar-refractivity contribution in [2.45, 2.75) is 42.0 Å². The maximum Gasteiger partial charge on any atom is 0.320 e. The van der Waals surface area contributed by atoms with Gasteiger partial charge in [-0.05, 0) is 31.0 Å². The monoisotopic (exact) mass is 433 g/mol. The van der Waals surface area contributed by atoms with E-state index >= 15 is 0 Å². The highest BCUT2D eigenvalue weighted by atomic mass is 35.5. The average molecular weight is 434 g/mol. The molecule has 1 aromatic rings. The average Bonchev–Trinajstić information content (AvgIpc) is 2.92. The summed E-state index contributed by atoms with van der Waals surface area (Å²) in [4.78, 5) is 27.1. The largest absolute Gasteiger partial charge is 0.480 e. The van der Waals surface area contributed by atoms with Crippen LogP contribution in [0.2, 0.25) is 5.02 Å². The Morgan fingerprint density at radius 3 is 2.70 bits per heavy atom. The number of sulfone groups is 1. The molecule has 4 N–H and O–H groups in total. The fraction of sp³-hybridized carbons (Fsp3) is 0.438. The topological polar surface area (TPSA) is 139 Å². The van der Waals surface area contributed by atoms with Gasteiger partial charge in [-0.2, -0.15) is 0 Å². The Labute approximate surface area is 166 Å². The second-order valence-corrected chi connectivity index (χ2v) is 9.73. The van der Waals surface area contributed by atoms with Gasteiger partial charge in [-0.3, -0.25) is 14.6 Å². The molecule has 1 amide bonds. The fourth-order valence-corrected chi connectivity index (χ4v) is 4.97. The van der Waals surface area contributed by atoms with Crippen LogP contribution in [0, 0.1) is 0 Å². The number of hydrogen-bond acceptors (Lipinski definition) is 7. The predicted octanol–water partition coefficient (Wildman–Crippen LogP) is 1.58. The number of thioether (sulfide) groups is 1. The summed E-state index contributed by atoms with van der Waals surface area (Å²) in [6.07, 6.45) is 1.07. The number of amidine groups is 1. The zero-order valence-corrected chi connectivity index (χ0v) is 17.1. The molecule has 1 aliphatic heterocycles. The van der Waals surface area contributed by atoms with Crippen LogP contribution in [0.15, 0.2) is 28.1 Å². The van der Waals surface area contributed by atoms with E-state index in [4.69, 9.17) is 22.4 Å². The van der Waals surface area contributed by atoms with E-state index in [0.29, 0.717) is 5.17 Å². The number of rotatable bonds is 6. The number of carboxylic acid groups (broad SMARTS) is 1. The number of carboxylic acids is 1. The fourth-order valence-electron chi connectivity index (χ4n) is 2.48. The van der Waals surface area contributed by atoms with Gasteiger partial charge in [0.1, 0.15) is 6.04 Å². The lowest BCUT2D eigenvalue weighted by molar-refractivity contribution is -0.138. The molecule has 1 aliphatic rings. The van der Waals surface area contributed by atoms with E-state index in [1.165, 1.54) is 23.9 Å². The van der Waals surface area contributed by atoms with Crippen molar-refractivity contribution in [3.05, 3.63) is 28.8 Å². The minimum atomic E-state index is -3.47. The van der Waals surface area contributed by atoms with E-state index in [1.807, 2.05) is 6.92 Å². The lowest BCUT2D eigenvalue weighted by Crippen LogP contribution is -2.33. The van der Waals surface area contributed by atoms with Gasteiger partial charge in [-0.25, -0.2) is 8.42 Å². The second kappa shape index (κ2) is 8.59. The quantitative estimate of drug-likeness (QED) is 0.618. The lowest BCUT2D eigenvalue weighted by atomic mass is 10.1. The van der Waals surface area contributed by atoms with Gasteiger partial charge >= 0.3 is 5.97 Å². The number of aliphatic carboxylic acids is 1. The molecule has 1 heterocycles. The normalized spacial score (nSPS) is 20.8. The maximum atomic E-state index is 12.0. The molecule has 0 saturated carbocycles. The molecular weight excluding hydrogens is 414 g/mol. The number of hydrogen-bond donors (Lipinski definition) is 3. The minimum Gasteiger partial charge on any atom is -0.480 e. The Morgan fingerprint density at radius 1 is 1.44 bits per heavy atom. The smallest absolute Gasteiger partial charge is 0.320 e.